The third-order valence-corrected chi connectivity index (χ3v) is 6.53. The van der Waals surface area contributed by atoms with Gasteiger partial charge in [0.1, 0.15) is 5.69 Å². The van der Waals surface area contributed by atoms with Gasteiger partial charge in [-0.2, -0.15) is 13.2 Å². The first-order valence-electron chi connectivity index (χ1n) is 9.53. The molecular formula is C20H16F3N7O2S. The topological polar surface area (TPSA) is 116 Å². The van der Waals surface area contributed by atoms with Crippen molar-refractivity contribution in [3.63, 3.8) is 0 Å². The zero-order chi connectivity index (χ0) is 23.8. The zero-order valence-electron chi connectivity index (χ0n) is 17.3. The zero-order valence-corrected chi connectivity index (χ0v) is 18.1. The lowest BCUT2D eigenvalue weighted by molar-refractivity contribution is -0.144. The molecular weight excluding hydrogens is 459 g/mol. The molecule has 0 N–H and O–H groups in total. The van der Waals surface area contributed by atoms with Crippen LogP contribution in [0.3, 0.4) is 0 Å². The summed E-state index contributed by atoms with van der Waals surface area (Å²) >= 11 is 0. The smallest absolute Gasteiger partial charge is 0.326 e. The summed E-state index contributed by atoms with van der Waals surface area (Å²) in [6.07, 6.45) is 3.29. The fourth-order valence-electron chi connectivity index (χ4n) is 3.08. The Balaban J connectivity index is 1.82. The minimum Gasteiger partial charge on any atom is -0.326 e. The number of rotatable bonds is 5. The molecule has 0 aliphatic heterocycles. The number of hydrogen-bond donors (Lipinski definition) is 0. The average Bonchev–Trinajstić information content (AvgIpc) is 3.20. The molecule has 0 fully saturated rings. The fourth-order valence-corrected chi connectivity index (χ4v) is 4.14. The molecule has 0 saturated heterocycles. The van der Waals surface area contributed by atoms with E-state index in [1.165, 1.54) is 42.3 Å². The lowest BCUT2D eigenvalue weighted by atomic mass is 10.2. The Labute approximate surface area is 186 Å². The second-order valence-electron chi connectivity index (χ2n) is 6.87. The summed E-state index contributed by atoms with van der Waals surface area (Å²) in [6.45, 7) is 1.51. The van der Waals surface area contributed by atoms with Crippen molar-refractivity contribution in [2.75, 3.05) is 5.75 Å². The Morgan fingerprint density at radius 3 is 2.15 bits per heavy atom. The van der Waals surface area contributed by atoms with Crippen molar-refractivity contribution in [2.45, 2.75) is 18.0 Å². The Hall–Kier alpha value is -3.74. The molecule has 4 aromatic rings. The van der Waals surface area contributed by atoms with E-state index in [0.717, 1.165) is 12.4 Å². The number of pyridine rings is 1. The third kappa shape index (κ3) is 4.31. The predicted molar refractivity (Wildman–Crippen MR) is 111 cm³/mol. The van der Waals surface area contributed by atoms with Gasteiger partial charge in [-0.05, 0) is 12.1 Å². The quantitative estimate of drug-likeness (QED) is 0.432. The van der Waals surface area contributed by atoms with Crippen LogP contribution in [0.4, 0.5) is 13.2 Å². The highest BCUT2D eigenvalue weighted by atomic mass is 32.2. The molecule has 33 heavy (non-hydrogen) atoms. The average molecular weight is 475 g/mol. The normalized spacial score (nSPS) is 12.2. The second-order valence-corrected chi connectivity index (χ2v) is 9.11. The van der Waals surface area contributed by atoms with Gasteiger partial charge < -0.3 is 4.57 Å². The van der Waals surface area contributed by atoms with Crippen molar-refractivity contribution in [2.24, 2.45) is 7.05 Å². The number of aromatic nitrogens is 7. The van der Waals surface area contributed by atoms with Gasteiger partial charge in [0.05, 0.1) is 22.5 Å². The van der Waals surface area contributed by atoms with Crippen LogP contribution in [0.2, 0.25) is 0 Å². The van der Waals surface area contributed by atoms with Crippen LogP contribution < -0.4 is 0 Å². The number of nitrogens with zero attached hydrogens (tertiary/aromatic N) is 7. The molecule has 0 amide bonds. The second kappa shape index (κ2) is 8.31. The van der Waals surface area contributed by atoms with Crippen LogP contribution in [0, 0.1) is 0 Å². The Morgan fingerprint density at radius 1 is 0.909 bits per heavy atom. The van der Waals surface area contributed by atoms with Crippen molar-refractivity contribution in [1.29, 1.82) is 0 Å². The number of imidazole rings is 1. The molecule has 4 aromatic heterocycles. The lowest BCUT2D eigenvalue weighted by Crippen LogP contribution is -2.11. The van der Waals surface area contributed by atoms with Gasteiger partial charge >= 0.3 is 6.18 Å². The maximum Gasteiger partial charge on any atom is 0.451 e. The van der Waals surface area contributed by atoms with Crippen molar-refractivity contribution >= 4 is 9.84 Å². The van der Waals surface area contributed by atoms with Gasteiger partial charge in [-0.15, -0.1) is 0 Å². The van der Waals surface area contributed by atoms with E-state index in [0.29, 0.717) is 17.1 Å². The molecule has 0 bridgehead atoms. The summed E-state index contributed by atoms with van der Waals surface area (Å²) in [7, 11) is -2.13. The highest BCUT2D eigenvalue weighted by Crippen LogP contribution is 2.32. The molecule has 4 heterocycles. The van der Waals surface area contributed by atoms with E-state index in [4.69, 9.17) is 0 Å². The Kier molecular flexibility index (Phi) is 5.66. The first-order chi connectivity index (χ1) is 15.6. The van der Waals surface area contributed by atoms with Crippen LogP contribution in [0.15, 0.2) is 54.2 Å². The van der Waals surface area contributed by atoms with Gasteiger partial charge in [0.15, 0.2) is 21.5 Å². The van der Waals surface area contributed by atoms with Crippen molar-refractivity contribution in [3.05, 3.63) is 55.1 Å². The SMILES string of the molecule is CCS(=O)(=O)c1cc(-c2ncccn2)cnc1-c1ncc(-c2cnc(C(F)(F)F)nc2)n1C. The van der Waals surface area contributed by atoms with E-state index in [9.17, 15) is 21.6 Å². The highest BCUT2D eigenvalue weighted by molar-refractivity contribution is 7.91. The number of halogens is 3. The van der Waals surface area contributed by atoms with Gasteiger partial charge in [0, 0.05) is 49.2 Å². The minimum absolute atomic E-state index is 0.0566. The number of alkyl halides is 3. The Morgan fingerprint density at radius 2 is 1.55 bits per heavy atom. The van der Waals surface area contributed by atoms with E-state index in [-0.39, 0.29) is 27.7 Å². The molecule has 13 heteroatoms. The van der Waals surface area contributed by atoms with E-state index < -0.39 is 21.8 Å². The summed E-state index contributed by atoms with van der Waals surface area (Å²) in [5.74, 6) is -0.917. The third-order valence-electron chi connectivity index (χ3n) is 4.79. The van der Waals surface area contributed by atoms with Gasteiger partial charge in [0.25, 0.3) is 0 Å². The predicted octanol–water partition coefficient (Wildman–Crippen LogP) is 3.21. The standard InChI is InChI=1S/C20H16F3N7O2S/c1-3-33(31,32)15-7-12(17-24-5-4-6-25-17)8-26-16(15)18-27-11-14(30(18)2)13-9-28-19(29-10-13)20(21,22)23/h4-11H,3H2,1-2H3. The van der Waals surface area contributed by atoms with E-state index >= 15 is 0 Å². The van der Waals surface area contributed by atoms with Crippen LogP contribution in [0.1, 0.15) is 12.7 Å². The Bertz CT molecular complexity index is 1400. The fraction of sp³-hybridized carbons (Fsp3) is 0.200. The van der Waals surface area contributed by atoms with Crippen molar-refractivity contribution in [1.82, 2.24) is 34.5 Å². The molecule has 0 saturated carbocycles. The van der Waals surface area contributed by atoms with Crippen LogP contribution in [-0.4, -0.2) is 48.6 Å². The van der Waals surface area contributed by atoms with Crippen LogP contribution in [0.25, 0.3) is 34.2 Å². The largest absolute Gasteiger partial charge is 0.451 e. The molecule has 9 nitrogen and oxygen atoms in total. The lowest BCUT2D eigenvalue weighted by Gasteiger charge is -2.12. The molecule has 0 unspecified atom stereocenters. The van der Waals surface area contributed by atoms with Gasteiger partial charge in [-0.25, -0.2) is 33.3 Å². The molecule has 0 aliphatic rings. The van der Waals surface area contributed by atoms with E-state index in [1.807, 2.05) is 0 Å². The highest BCUT2D eigenvalue weighted by Gasteiger charge is 2.34. The first kappa shape index (κ1) is 22.5. The van der Waals surface area contributed by atoms with Gasteiger partial charge in [0.2, 0.25) is 5.82 Å². The monoisotopic (exact) mass is 475 g/mol. The molecule has 0 aromatic carbocycles. The maximum absolute atomic E-state index is 12.9. The molecule has 0 radical (unpaired) electrons. The summed E-state index contributed by atoms with van der Waals surface area (Å²) in [5.41, 5.74) is 1.17. The van der Waals surface area contributed by atoms with Gasteiger partial charge in [-0.3, -0.25) is 4.98 Å². The van der Waals surface area contributed by atoms with Crippen LogP contribution in [0.5, 0.6) is 0 Å². The van der Waals surface area contributed by atoms with Crippen molar-refractivity contribution in [3.8, 4) is 34.2 Å². The molecule has 0 spiro atoms. The summed E-state index contributed by atoms with van der Waals surface area (Å²) < 4.78 is 65.5. The van der Waals surface area contributed by atoms with Crippen LogP contribution >= 0.6 is 0 Å². The summed E-state index contributed by atoms with van der Waals surface area (Å²) in [5, 5.41) is 0. The van der Waals surface area contributed by atoms with Crippen LogP contribution in [-0.2, 0) is 23.1 Å². The molecule has 0 aliphatic carbocycles. The van der Waals surface area contributed by atoms with E-state index in [2.05, 4.69) is 29.9 Å². The summed E-state index contributed by atoms with van der Waals surface area (Å²) in [4.78, 5) is 23.5. The first-order valence-corrected chi connectivity index (χ1v) is 11.2. The minimum atomic E-state index is -4.66. The van der Waals surface area contributed by atoms with Crippen molar-refractivity contribution < 1.29 is 21.6 Å². The molecule has 170 valence electrons. The van der Waals surface area contributed by atoms with Gasteiger partial charge in [-0.1, -0.05) is 6.92 Å². The summed E-state index contributed by atoms with van der Waals surface area (Å²) in [6, 6.07) is 3.07. The van der Waals surface area contributed by atoms with E-state index in [1.54, 1.807) is 13.1 Å². The molecule has 4 rings (SSSR count). The molecule has 0 atom stereocenters. The number of hydrogen-bond acceptors (Lipinski definition) is 8. The number of sulfone groups is 1. The maximum atomic E-state index is 12.9.